The van der Waals surface area contributed by atoms with Gasteiger partial charge in [-0.05, 0) is 6.92 Å². The Morgan fingerprint density at radius 3 is 2.12 bits per heavy atom. The molecule has 1 N–H and O–H groups in total. The minimum atomic E-state index is -1.49. The van der Waals surface area contributed by atoms with Gasteiger partial charge in [0.2, 0.25) is 0 Å². The molecule has 0 aliphatic carbocycles. The van der Waals surface area contributed by atoms with Crippen LogP contribution in [0.5, 0.6) is 0 Å². The molecule has 0 saturated carbocycles. The molecule has 0 aliphatic rings. The summed E-state index contributed by atoms with van der Waals surface area (Å²) >= 11 is 0. The van der Waals surface area contributed by atoms with E-state index in [1.165, 1.54) is 20.8 Å². The van der Waals surface area contributed by atoms with Crippen LogP contribution in [0.2, 0.25) is 0 Å². The lowest BCUT2D eigenvalue weighted by Gasteiger charge is -2.24. The molecular weight excluding hydrogens is 228 g/mol. The number of rotatable bonds is 5. The molecule has 0 bridgehead atoms. The number of carbonyl (C=O) groups excluding carboxylic acids is 2. The van der Waals surface area contributed by atoms with Crippen LogP contribution in [0.4, 0.5) is 0 Å². The van der Waals surface area contributed by atoms with E-state index in [0.717, 1.165) is 6.08 Å². The van der Waals surface area contributed by atoms with Crippen molar-refractivity contribution in [3.8, 4) is 0 Å². The van der Waals surface area contributed by atoms with E-state index in [2.05, 4.69) is 6.58 Å². The maximum absolute atomic E-state index is 11.2. The van der Waals surface area contributed by atoms with E-state index in [4.69, 9.17) is 14.6 Å². The molecule has 0 unspecified atom stereocenters. The number of hydrogen-bond donors (Lipinski definition) is 1. The fraction of sp³-hybridized carbons (Fsp3) is 0.364. The fourth-order valence-electron chi connectivity index (χ4n) is 0.747. The maximum atomic E-state index is 11.2. The summed E-state index contributed by atoms with van der Waals surface area (Å²) in [6.07, 6.45) is 1.34. The fourth-order valence-corrected chi connectivity index (χ4v) is 0.747. The zero-order valence-corrected chi connectivity index (χ0v) is 9.85. The number of carboxylic acids is 1. The van der Waals surface area contributed by atoms with E-state index in [0.29, 0.717) is 6.08 Å². The van der Waals surface area contributed by atoms with E-state index in [-0.39, 0.29) is 5.57 Å². The molecule has 0 fully saturated rings. The van der Waals surface area contributed by atoms with Gasteiger partial charge in [0.25, 0.3) is 5.79 Å². The van der Waals surface area contributed by atoms with Gasteiger partial charge in [0.05, 0.1) is 0 Å². The van der Waals surface area contributed by atoms with Crippen LogP contribution in [0.3, 0.4) is 0 Å². The number of esters is 2. The van der Waals surface area contributed by atoms with Crippen LogP contribution < -0.4 is 0 Å². The Morgan fingerprint density at radius 1 is 1.18 bits per heavy atom. The zero-order chi connectivity index (χ0) is 13.6. The topological polar surface area (TPSA) is 89.9 Å². The summed E-state index contributed by atoms with van der Waals surface area (Å²) in [6.45, 7) is 7.52. The van der Waals surface area contributed by atoms with Crippen LogP contribution in [0.25, 0.3) is 0 Å². The zero-order valence-electron chi connectivity index (χ0n) is 9.85. The number of carbonyl (C=O) groups is 3. The van der Waals surface area contributed by atoms with Crippen molar-refractivity contribution in [3.05, 3.63) is 24.3 Å². The van der Waals surface area contributed by atoms with Crippen LogP contribution >= 0.6 is 0 Å². The Hall–Kier alpha value is -2.11. The third-order valence-electron chi connectivity index (χ3n) is 1.40. The first-order valence-electron chi connectivity index (χ1n) is 4.67. The minimum absolute atomic E-state index is 0.162. The predicted molar refractivity (Wildman–Crippen MR) is 57.9 cm³/mol. The summed E-state index contributed by atoms with van der Waals surface area (Å²) in [7, 11) is 0. The summed E-state index contributed by atoms with van der Waals surface area (Å²) in [5.74, 6) is -4.40. The second kappa shape index (κ2) is 5.83. The lowest BCUT2D eigenvalue weighted by molar-refractivity contribution is -0.210. The molecule has 0 heterocycles. The number of ether oxygens (including phenoxy) is 2. The third kappa shape index (κ3) is 6.88. The van der Waals surface area contributed by atoms with E-state index in [1.807, 2.05) is 0 Å². The van der Waals surface area contributed by atoms with Crippen molar-refractivity contribution < 1.29 is 29.0 Å². The molecule has 6 heteroatoms. The van der Waals surface area contributed by atoms with Crippen molar-refractivity contribution in [2.45, 2.75) is 26.6 Å². The molecule has 0 aliphatic heterocycles. The maximum Gasteiger partial charge on any atom is 0.336 e. The lowest BCUT2D eigenvalue weighted by atomic mass is 10.3. The Kier molecular flexibility index (Phi) is 5.11. The van der Waals surface area contributed by atoms with Crippen molar-refractivity contribution in [1.82, 2.24) is 0 Å². The van der Waals surface area contributed by atoms with Gasteiger partial charge in [0.15, 0.2) is 0 Å². The molecule has 0 rings (SSSR count). The van der Waals surface area contributed by atoms with Gasteiger partial charge in [-0.15, -0.1) is 0 Å². The monoisotopic (exact) mass is 242 g/mol. The van der Waals surface area contributed by atoms with E-state index in [9.17, 15) is 14.4 Å². The largest absolute Gasteiger partial charge is 0.478 e. The van der Waals surface area contributed by atoms with Crippen LogP contribution in [-0.2, 0) is 23.9 Å². The van der Waals surface area contributed by atoms with Crippen LogP contribution in [-0.4, -0.2) is 28.8 Å². The van der Waals surface area contributed by atoms with Gasteiger partial charge in [-0.3, -0.25) is 0 Å². The van der Waals surface area contributed by atoms with Gasteiger partial charge >= 0.3 is 17.9 Å². The van der Waals surface area contributed by atoms with Gasteiger partial charge in [-0.1, -0.05) is 6.58 Å². The SMILES string of the molecule is C=C(C)C(=O)OC(C)(C)OC(=O)/C=C\C(=O)O. The highest BCUT2D eigenvalue weighted by atomic mass is 16.7. The standard InChI is InChI=1S/C11H14O6/c1-7(2)10(15)17-11(3,4)16-9(14)6-5-8(12)13/h5-6H,1H2,2-4H3,(H,12,13)/b6-5-. The number of hydrogen-bond acceptors (Lipinski definition) is 5. The molecule has 0 spiro atoms. The molecule has 0 aromatic rings. The quantitative estimate of drug-likeness (QED) is 0.440. The molecule has 0 radical (unpaired) electrons. The van der Waals surface area contributed by atoms with E-state index < -0.39 is 23.7 Å². The van der Waals surface area contributed by atoms with Gasteiger partial charge in [-0.2, -0.15) is 0 Å². The highest BCUT2D eigenvalue weighted by molar-refractivity contribution is 5.91. The second-order valence-corrected chi connectivity index (χ2v) is 3.66. The summed E-state index contributed by atoms with van der Waals surface area (Å²) in [5.41, 5.74) is 0.162. The molecule has 0 aromatic carbocycles. The Balaban J connectivity index is 4.44. The molecule has 0 atom stereocenters. The predicted octanol–water partition coefficient (Wildman–Crippen LogP) is 1.03. The smallest absolute Gasteiger partial charge is 0.336 e. The van der Waals surface area contributed by atoms with E-state index in [1.54, 1.807) is 0 Å². The summed E-state index contributed by atoms with van der Waals surface area (Å²) < 4.78 is 9.55. The highest BCUT2D eigenvalue weighted by Crippen LogP contribution is 2.14. The van der Waals surface area contributed by atoms with Crippen molar-refractivity contribution >= 4 is 17.9 Å². The Labute approximate surface area is 98.5 Å². The number of aliphatic carboxylic acids is 1. The Bertz CT molecular complexity index is 377. The molecule has 94 valence electrons. The van der Waals surface area contributed by atoms with Crippen molar-refractivity contribution in [2.24, 2.45) is 0 Å². The molecule has 0 aromatic heterocycles. The lowest BCUT2D eigenvalue weighted by Crippen LogP contribution is -2.33. The third-order valence-corrected chi connectivity index (χ3v) is 1.40. The van der Waals surface area contributed by atoms with Gasteiger partial charge in [0, 0.05) is 31.6 Å². The average molecular weight is 242 g/mol. The minimum Gasteiger partial charge on any atom is -0.478 e. The molecule has 0 saturated heterocycles. The van der Waals surface area contributed by atoms with E-state index >= 15 is 0 Å². The molecule has 17 heavy (non-hydrogen) atoms. The van der Waals surface area contributed by atoms with Gasteiger partial charge in [-0.25, -0.2) is 14.4 Å². The summed E-state index contributed by atoms with van der Waals surface area (Å²) in [4.78, 5) is 32.5. The normalized spacial score (nSPS) is 11.0. The second-order valence-electron chi connectivity index (χ2n) is 3.66. The first-order valence-corrected chi connectivity index (χ1v) is 4.67. The van der Waals surface area contributed by atoms with Crippen LogP contribution in [0.1, 0.15) is 20.8 Å². The first kappa shape index (κ1) is 14.9. The molecule has 6 nitrogen and oxygen atoms in total. The first-order chi connectivity index (χ1) is 7.64. The number of carboxylic acid groups (broad SMARTS) is 1. The van der Waals surface area contributed by atoms with Crippen LogP contribution in [0, 0.1) is 0 Å². The molecular formula is C11H14O6. The van der Waals surface area contributed by atoms with Crippen molar-refractivity contribution in [2.75, 3.05) is 0 Å². The van der Waals surface area contributed by atoms with Gasteiger partial charge < -0.3 is 14.6 Å². The summed E-state index contributed by atoms with van der Waals surface area (Å²) in [6, 6.07) is 0. The Morgan fingerprint density at radius 2 is 1.71 bits per heavy atom. The molecule has 0 amide bonds. The highest BCUT2D eigenvalue weighted by Gasteiger charge is 2.26. The van der Waals surface area contributed by atoms with Crippen molar-refractivity contribution in [3.63, 3.8) is 0 Å². The van der Waals surface area contributed by atoms with Gasteiger partial charge in [0.1, 0.15) is 0 Å². The van der Waals surface area contributed by atoms with Crippen LogP contribution in [0.15, 0.2) is 24.3 Å². The summed E-state index contributed by atoms with van der Waals surface area (Å²) in [5, 5.41) is 8.29. The van der Waals surface area contributed by atoms with Crippen molar-refractivity contribution in [1.29, 1.82) is 0 Å². The average Bonchev–Trinajstić information content (AvgIpc) is 2.12.